The Balaban J connectivity index is 1.39. The van der Waals surface area contributed by atoms with Gasteiger partial charge in [-0.2, -0.15) is 18.4 Å². The van der Waals surface area contributed by atoms with Crippen LogP contribution in [0.5, 0.6) is 0 Å². The van der Waals surface area contributed by atoms with Crippen molar-refractivity contribution in [2.75, 3.05) is 13.1 Å². The second-order valence-electron chi connectivity index (χ2n) is 10.5. The molecule has 2 heterocycles. The molecule has 1 saturated carbocycles. The van der Waals surface area contributed by atoms with E-state index >= 15 is 0 Å². The van der Waals surface area contributed by atoms with Gasteiger partial charge >= 0.3 is 6.18 Å². The van der Waals surface area contributed by atoms with E-state index in [4.69, 9.17) is 11.6 Å². The molecule has 36 heavy (non-hydrogen) atoms. The van der Waals surface area contributed by atoms with Crippen LogP contribution in [0.1, 0.15) is 51.3 Å². The molecule has 2 aliphatic rings. The number of hydrogen-bond acceptors (Lipinski definition) is 3. The fraction of sp³-hybridized carbons (Fsp3) is 0.414. The van der Waals surface area contributed by atoms with Crippen molar-refractivity contribution in [2.45, 2.75) is 51.7 Å². The average molecular weight is 529 g/mol. The van der Waals surface area contributed by atoms with E-state index in [2.05, 4.69) is 30.0 Å². The molecule has 2 atom stereocenters. The minimum Gasteiger partial charge on any atom is -0.298 e. The van der Waals surface area contributed by atoms with Crippen LogP contribution >= 0.6 is 22.9 Å². The number of thiophene rings is 1. The lowest BCUT2D eigenvalue weighted by atomic mass is 9.80. The topological polar surface area (TPSA) is 27.0 Å². The molecule has 2 aromatic carbocycles. The number of halogens is 4. The molecule has 1 aliphatic heterocycles. The van der Waals surface area contributed by atoms with Gasteiger partial charge in [-0.15, -0.1) is 11.3 Å². The molecule has 2 nitrogen and oxygen atoms in total. The molecule has 0 N–H and O–H groups in total. The smallest absolute Gasteiger partial charge is 0.298 e. The third-order valence-corrected chi connectivity index (χ3v) is 9.48. The number of nitriles is 1. The van der Waals surface area contributed by atoms with Crippen molar-refractivity contribution >= 4 is 22.9 Å². The zero-order valence-corrected chi connectivity index (χ0v) is 21.7. The van der Waals surface area contributed by atoms with Crippen LogP contribution in [-0.4, -0.2) is 18.0 Å². The fourth-order valence-corrected chi connectivity index (χ4v) is 7.44. The summed E-state index contributed by atoms with van der Waals surface area (Å²) in [6.07, 6.45) is -0.452. The SMILES string of the molecule is Cc1ccc(CN2CC[C@@]3(C2)C[C@@]3(CCc2ccc(C#N)c(Cl)c2)Cc2ccccc2C(F)(F)F)s1. The normalized spacial score (nSPS) is 23.8. The Hall–Kier alpha value is -2.33. The summed E-state index contributed by atoms with van der Waals surface area (Å²) >= 11 is 8.07. The summed E-state index contributed by atoms with van der Waals surface area (Å²) in [4.78, 5) is 5.11. The molecule has 1 aromatic heterocycles. The zero-order valence-electron chi connectivity index (χ0n) is 20.2. The van der Waals surface area contributed by atoms with Crippen molar-refractivity contribution in [1.29, 1.82) is 5.26 Å². The lowest BCUT2D eigenvalue weighted by Gasteiger charge is -2.25. The molecule has 1 aliphatic carbocycles. The van der Waals surface area contributed by atoms with Gasteiger partial charge in [0.05, 0.1) is 16.1 Å². The maximum absolute atomic E-state index is 13.8. The Morgan fingerprint density at radius 2 is 1.94 bits per heavy atom. The molecule has 0 radical (unpaired) electrons. The van der Waals surface area contributed by atoms with Crippen LogP contribution in [0.15, 0.2) is 54.6 Å². The molecule has 0 amide bonds. The van der Waals surface area contributed by atoms with Gasteiger partial charge in [0.15, 0.2) is 0 Å². The minimum absolute atomic E-state index is 0.0361. The lowest BCUT2D eigenvalue weighted by molar-refractivity contribution is -0.138. The summed E-state index contributed by atoms with van der Waals surface area (Å²) in [5, 5.41) is 9.60. The molecule has 0 bridgehead atoms. The Morgan fingerprint density at radius 3 is 2.64 bits per heavy atom. The van der Waals surface area contributed by atoms with Gasteiger partial charge in [-0.3, -0.25) is 4.90 Å². The standard InChI is InChI=1S/C29H28ClF3N2S/c1-20-6-9-24(36-20)17-35-13-12-28(19-35)18-27(28,11-10-21-7-8-23(16-34)26(30)14-21)15-22-4-2-3-5-25(22)29(31,32)33/h2-9,14H,10-13,15,17-19H2,1H3/t27-,28+/m1/s1. The van der Waals surface area contributed by atoms with Gasteiger partial charge in [-0.05, 0) is 97.9 Å². The molecule has 0 unspecified atom stereocenters. The van der Waals surface area contributed by atoms with E-state index in [0.717, 1.165) is 50.9 Å². The number of hydrogen-bond donors (Lipinski definition) is 0. The quantitative estimate of drug-likeness (QED) is 0.310. The van der Waals surface area contributed by atoms with E-state index in [1.165, 1.54) is 21.9 Å². The highest BCUT2D eigenvalue weighted by molar-refractivity contribution is 7.11. The largest absolute Gasteiger partial charge is 0.416 e. The van der Waals surface area contributed by atoms with Gasteiger partial charge in [0.1, 0.15) is 6.07 Å². The highest BCUT2D eigenvalue weighted by Gasteiger charge is 2.67. The predicted molar refractivity (Wildman–Crippen MR) is 138 cm³/mol. The molecule has 5 rings (SSSR count). The second-order valence-corrected chi connectivity index (χ2v) is 12.2. The van der Waals surface area contributed by atoms with Crippen LogP contribution in [0, 0.1) is 29.1 Å². The third-order valence-electron chi connectivity index (χ3n) is 8.18. The van der Waals surface area contributed by atoms with E-state index in [-0.39, 0.29) is 10.8 Å². The van der Waals surface area contributed by atoms with Gasteiger partial charge < -0.3 is 0 Å². The van der Waals surface area contributed by atoms with Gasteiger partial charge in [0, 0.05) is 22.8 Å². The summed E-state index contributed by atoms with van der Waals surface area (Å²) < 4.78 is 41.5. The first-order valence-corrected chi connectivity index (χ1v) is 13.4. The first-order chi connectivity index (χ1) is 17.1. The van der Waals surface area contributed by atoms with E-state index in [1.807, 2.05) is 23.5 Å². The molecule has 1 saturated heterocycles. The molecule has 188 valence electrons. The highest BCUT2D eigenvalue weighted by atomic mass is 35.5. The van der Waals surface area contributed by atoms with Crippen LogP contribution in [0.4, 0.5) is 13.2 Å². The Morgan fingerprint density at radius 1 is 1.14 bits per heavy atom. The van der Waals surface area contributed by atoms with E-state index in [0.29, 0.717) is 22.6 Å². The van der Waals surface area contributed by atoms with Crippen molar-refractivity contribution in [3.8, 4) is 6.07 Å². The van der Waals surface area contributed by atoms with Crippen LogP contribution in [0.3, 0.4) is 0 Å². The van der Waals surface area contributed by atoms with Crippen LogP contribution in [-0.2, 0) is 25.6 Å². The number of nitrogens with zero attached hydrogens (tertiary/aromatic N) is 2. The maximum atomic E-state index is 13.8. The van der Waals surface area contributed by atoms with Crippen LogP contribution < -0.4 is 0 Å². The number of benzene rings is 2. The molecule has 7 heteroatoms. The summed E-state index contributed by atoms with van der Waals surface area (Å²) in [5.41, 5.74) is 1.19. The maximum Gasteiger partial charge on any atom is 0.416 e. The van der Waals surface area contributed by atoms with Crippen molar-refractivity contribution in [2.24, 2.45) is 10.8 Å². The summed E-state index contributed by atoms with van der Waals surface area (Å²) in [6.45, 7) is 4.91. The molecule has 1 spiro atoms. The third kappa shape index (κ3) is 4.94. The lowest BCUT2D eigenvalue weighted by Crippen LogP contribution is -2.25. The van der Waals surface area contributed by atoms with Crippen molar-refractivity contribution in [1.82, 2.24) is 4.90 Å². The van der Waals surface area contributed by atoms with Gasteiger partial charge in [0.25, 0.3) is 0 Å². The number of alkyl halides is 3. The van der Waals surface area contributed by atoms with E-state index in [9.17, 15) is 18.4 Å². The molecule has 2 fully saturated rings. The first-order valence-electron chi connectivity index (χ1n) is 12.2. The monoisotopic (exact) mass is 528 g/mol. The highest BCUT2D eigenvalue weighted by Crippen LogP contribution is 2.72. The van der Waals surface area contributed by atoms with Crippen molar-refractivity contribution in [3.63, 3.8) is 0 Å². The summed E-state index contributed by atoms with van der Waals surface area (Å²) in [5.74, 6) is 0. The summed E-state index contributed by atoms with van der Waals surface area (Å²) in [7, 11) is 0. The van der Waals surface area contributed by atoms with Crippen LogP contribution in [0.2, 0.25) is 5.02 Å². The molecular weight excluding hydrogens is 501 g/mol. The van der Waals surface area contributed by atoms with Crippen LogP contribution in [0.25, 0.3) is 0 Å². The number of likely N-dealkylation sites (tertiary alicyclic amines) is 1. The Bertz CT molecular complexity index is 1310. The Kier molecular flexibility index (Phi) is 6.70. The van der Waals surface area contributed by atoms with E-state index in [1.54, 1.807) is 18.2 Å². The number of rotatable bonds is 7. The Labute approximate surface area is 219 Å². The number of aryl methyl sites for hydroxylation is 2. The second kappa shape index (κ2) is 9.52. The fourth-order valence-electron chi connectivity index (χ4n) is 6.26. The zero-order chi connectivity index (χ0) is 25.6. The van der Waals surface area contributed by atoms with Gasteiger partial charge in [-0.25, -0.2) is 0 Å². The van der Waals surface area contributed by atoms with Crippen molar-refractivity contribution < 1.29 is 13.2 Å². The average Bonchev–Trinajstić information content (AvgIpc) is 3.09. The minimum atomic E-state index is -4.36. The summed E-state index contributed by atoms with van der Waals surface area (Å²) in [6, 6.07) is 17.9. The van der Waals surface area contributed by atoms with Gasteiger partial charge in [0.2, 0.25) is 0 Å². The first kappa shape index (κ1) is 25.3. The molecule has 3 aromatic rings. The van der Waals surface area contributed by atoms with Gasteiger partial charge in [-0.1, -0.05) is 35.9 Å². The predicted octanol–water partition coefficient (Wildman–Crippen LogP) is 8.06. The van der Waals surface area contributed by atoms with Crippen molar-refractivity contribution in [3.05, 3.63) is 91.6 Å². The molecular formula is C29H28ClF3N2S. The van der Waals surface area contributed by atoms with E-state index < -0.39 is 11.7 Å².